The molecule has 7 heteroatoms. The lowest BCUT2D eigenvalue weighted by molar-refractivity contribution is 0.322. The summed E-state index contributed by atoms with van der Waals surface area (Å²) in [5, 5.41) is 10.5. The third kappa shape index (κ3) is 4.53. The molecule has 1 aromatic carbocycles. The van der Waals surface area contributed by atoms with Crippen molar-refractivity contribution < 1.29 is 4.74 Å². The summed E-state index contributed by atoms with van der Waals surface area (Å²) in [6.45, 7) is 4.54. The first kappa shape index (κ1) is 17.0. The minimum atomic E-state index is 0.606. The Morgan fingerprint density at radius 2 is 2.26 bits per heavy atom. The zero-order valence-electron chi connectivity index (χ0n) is 13.5. The number of nitrogens with one attached hydrogen (secondary N) is 1. The van der Waals surface area contributed by atoms with Gasteiger partial charge in [0, 0.05) is 29.6 Å². The number of benzene rings is 1. The number of nitrogens with two attached hydrogens (primary N) is 1. The molecule has 23 heavy (non-hydrogen) atoms. The van der Waals surface area contributed by atoms with E-state index >= 15 is 0 Å². The smallest absolute Gasteiger partial charge is 0.119 e. The Morgan fingerprint density at radius 1 is 1.43 bits per heavy atom. The second kappa shape index (κ2) is 8.28. The molecule has 0 saturated carbocycles. The van der Waals surface area contributed by atoms with Crippen LogP contribution in [0.3, 0.4) is 0 Å². The first-order valence-corrected chi connectivity index (χ1v) is 8.15. The molecule has 0 aliphatic carbocycles. The van der Waals surface area contributed by atoms with Gasteiger partial charge in [0.15, 0.2) is 0 Å². The van der Waals surface area contributed by atoms with Crippen molar-refractivity contribution in [3.8, 4) is 5.75 Å². The fourth-order valence-electron chi connectivity index (χ4n) is 2.09. The quantitative estimate of drug-likeness (QED) is 0.463. The lowest BCUT2D eigenvalue weighted by Crippen LogP contribution is -2.05. The minimum absolute atomic E-state index is 0.606. The number of allylic oxidation sites excluding steroid dienone is 1. The molecule has 0 bridgehead atoms. The Labute approximate surface area is 140 Å². The Balaban J connectivity index is 2.08. The summed E-state index contributed by atoms with van der Waals surface area (Å²) >= 11 is 1.66. The predicted molar refractivity (Wildman–Crippen MR) is 93.2 cm³/mol. The molecule has 0 atom stereocenters. The highest BCUT2D eigenvalue weighted by Crippen LogP contribution is 2.24. The molecule has 3 N–H and O–H groups in total. The standard InChI is InChI=1S/C16H21N5OS/c1-11-15(23-10-19-11)7-8-22-14-6-4-5-13(9-14)16(20-21-17)12(2)18-3/h4-6,9-10,18H,7-8H2,1-3H3,(H2,17,20)/b16-12+. The SMILES string of the molecule is CN/C(C)=C(/N=NN)c1cccc(OCCc2scnc2C)c1. The summed E-state index contributed by atoms with van der Waals surface area (Å²) in [7, 11) is 1.83. The van der Waals surface area contributed by atoms with Crippen LogP contribution in [0.5, 0.6) is 5.75 Å². The Morgan fingerprint density at radius 3 is 2.91 bits per heavy atom. The molecule has 0 unspecified atom stereocenters. The summed E-state index contributed by atoms with van der Waals surface area (Å²) in [5.41, 5.74) is 5.42. The zero-order chi connectivity index (χ0) is 16.7. The molecule has 2 aromatic rings. The van der Waals surface area contributed by atoms with Gasteiger partial charge in [0.25, 0.3) is 0 Å². The van der Waals surface area contributed by atoms with Gasteiger partial charge in [-0.15, -0.1) is 16.5 Å². The number of aromatic nitrogens is 1. The van der Waals surface area contributed by atoms with Crippen LogP contribution in [0.25, 0.3) is 5.70 Å². The second-order valence-corrected chi connectivity index (χ2v) is 5.87. The molecule has 6 nitrogen and oxygen atoms in total. The van der Waals surface area contributed by atoms with Crippen LogP contribution in [0, 0.1) is 6.92 Å². The largest absolute Gasteiger partial charge is 0.493 e. The number of thiazole rings is 1. The van der Waals surface area contributed by atoms with Gasteiger partial charge in [-0.3, -0.25) is 0 Å². The van der Waals surface area contributed by atoms with Crippen molar-refractivity contribution in [3.63, 3.8) is 0 Å². The number of hydrogen-bond donors (Lipinski definition) is 2. The van der Waals surface area contributed by atoms with Crippen molar-refractivity contribution in [3.05, 3.63) is 51.6 Å². The van der Waals surface area contributed by atoms with Crippen LogP contribution < -0.4 is 15.9 Å². The highest BCUT2D eigenvalue weighted by Gasteiger charge is 2.07. The van der Waals surface area contributed by atoms with E-state index < -0.39 is 0 Å². The van der Waals surface area contributed by atoms with Crippen molar-refractivity contribution in [1.29, 1.82) is 0 Å². The van der Waals surface area contributed by atoms with Crippen molar-refractivity contribution in [2.24, 2.45) is 16.2 Å². The van der Waals surface area contributed by atoms with Gasteiger partial charge in [-0.1, -0.05) is 17.4 Å². The number of hydrogen-bond acceptors (Lipinski definition) is 6. The fraction of sp³-hybridized carbons (Fsp3) is 0.312. The first-order chi connectivity index (χ1) is 11.2. The van der Waals surface area contributed by atoms with E-state index in [1.54, 1.807) is 11.3 Å². The molecule has 0 spiro atoms. The molecule has 122 valence electrons. The molecule has 0 saturated heterocycles. The highest BCUT2D eigenvalue weighted by molar-refractivity contribution is 7.09. The summed E-state index contributed by atoms with van der Waals surface area (Å²) in [5.74, 6) is 6.00. The van der Waals surface area contributed by atoms with Crippen molar-refractivity contribution in [1.82, 2.24) is 10.3 Å². The van der Waals surface area contributed by atoms with E-state index in [4.69, 9.17) is 10.6 Å². The van der Waals surface area contributed by atoms with Crippen LogP contribution >= 0.6 is 11.3 Å². The van der Waals surface area contributed by atoms with Crippen LogP contribution in [-0.4, -0.2) is 18.6 Å². The Hall–Kier alpha value is -2.41. The third-order valence-electron chi connectivity index (χ3n) is 3.44. The van der Waals surface area contributed by atoms with Gasteiger partial charge in [0.05, 0.1) is 17.8 Å². The number of nitrogens with zero attached hydrogens (tertiary/aromatic N) is 3. The van der Waals surface area contributed by atoms with Gasteiger partial charge < -0.3 is 15.9 Å². The number of ether oxygens (including phenoxy) is 1. The lowest BCUT2D eigenvalue weighted by Gasteiger charge is -2.10. The Bertz CT molecular complexity index is 708. The van der Waals surface area contributed by atoms with Crippen molar-refractivity contribution in [2.75, 3.05) is 13.7 Å². The maximum absolute atomic E-state index is 5.85. The third-order valence-corrected chi connectivity index (χ3v) is 4.43. The van der Waals surface area contributed by atoms with Crippen LogP contribution in [0.1, 0.15) is 23.1 Å². The fourth-order valence-corrected chi connectivity index (χ4v) is 2.85. The normalized spacial score (nSPS) is 12.3. The van der Waals surface area contributed by atoms with E-state index in [1.165, 1.54) is 4.88 Å². The molecular formula is C16H21N5OS. The summed E-state index contributed by atoms with van der Waals surface area (Å²) in [4.78, 5) is 5.50. The van der Waals surface area contributed by atoms with Gasteiger partial charge in [-0.05, 0) is 26.0 Å². The summed E-state index contributed by atoms with van der Waals surface area (Å²) in [6.07, 6.45) is 0.849. The number of aryl methyl sites for hydroxylation is 1. The van der Waals surface area contributed by atoms with Gasteiger partial charge in [0.2, 0.25) is 0 Å². The number of rotatable bonds is 7. The van der Waals surface area contributed by atoms with E-state index in [0.29, 0.717) is 12.3 Å². The topological polar surface area (TPSA) is 84.9 Å². The average Bonchev–Trinajstić information content (AvgIpc) is 2.97. The molecule has 1 heterocycles. The van der Waals surface area contributed by atoms with E-state index in [2.05, 4.69) is 20.6 Å². The van der Waals surface area contributed by atoms with Crippen molar-refractivity contribution in [2.45, 2.75) is 20.3 Å². The molecule has 0 amide bonds. The van der Waals surface area contributed by atoms with E-state index in [1.807, 2.05) is 50.7 Å². The van der Waals surface area contributed by atoms with Gasteiger partial charge in [0.1, 0.15) is 11.4 Å². The van der Waals surface area contributed by atoms with E-state index in [0.717, 1.165) is 29.1 Å². The second-order valence-electron chi connectivity index (χ2n) is 4.93. The van der Waals surface area contributed by atoms with Gasteiger partial charge >= 0.3 is 0 Å². The van der Waals surface area contributed by atoms with Crippen molar-refractivity contribution >= 4 is 17.0 Å². The molecule has 0 radical (unpaired) electrons. The van der Waals surface area contributed by atoms with Crippen LogP contribution in [0.15, 0.2) is 45.8 Å². The zero-order valence-corrected chi connectivity index (χ0v) is 14.4. The molecule has 0 fully saturated rings. The van der Waals surface area contributed by atoms with E-state index in [9.17, 15) is 0 Å². The van der Waals surface area contributed by atoms with Crippen LogP contribution in [0.4, 0.5) is 0 Å². The molecule has 0 aliphatic rings. The summed E-state index contributed by atoms with van der Waals surface area (Å²) < 4.78 is 5.85. The lowest BCUT2D eigenvalue weighted by atomic mass is 10.1. The van der Waals surface area contributed by atoms with Gasteiger partial charge in [-0.25, -0.2) is 4.98 Å². The molecule has 0 aliphatic heterocycles. The summed E-state index contributed by atoms with van der Waals surface area (Å²) in [6, 6.07) is 7.74. The highest BCUT2D eigenvalue weighted by atomic mass is 32.1. The molecule has 2 rings (SSSR count). The maximum atomic E-state index is 5.85. The average molecular weight is 331 g/mol. The molecule has 1 aromatic heterocycles. The molecular weight excluding hydrogens is 310 g/mol. The monoisotopic (exact) mass is 331 g/mol. The van der Waals surface area contributed by atoms with E-state index in [-0.39, 0.29) is 0 Å². The van der Waals surface area contributed by atoms with Crippen LogP contribution in [0.2, 0.25) is 0 Å². The minimum Gasteiger partial charge on any atom is -0.493 e. The Kier molecular flexibility index (Phi) is 6.10. The maximum Gasteiger partial charge on any atom is 0.119 e. The predicted octanol–water partition coefficient (Wildman–Crippen LogP) is 3.31. The van der Waals surface area contributed by atoms with Gasteiger partial charge in [-0.2, -0.15) is 0 Å². The van der Waals surface area contributed by atoms with Crippen LogP contribution in [-0.2, 0) is 6.42 Å². The first-order valence-electron chi connectivity index (χ1n) is 7.27.